The summed E-state index contributed by atoms with van der Waals surface area (Å²) in [5.41, 5.74) is 2.04. The second kappa shape index (κ2) is 12.3. The number of hydrogen-bond donors (Lipinski definition) is 1. The van der Waals surface area contributed by atoms with Gasteiger partial charge in [-0.05, 0) is 30.3 Å². The summed E-state index contributed by atoms with van der Waals surface area (Å²) in [7, 11) is -3.99. The highest BCUT2D eigenvalue weighted by atomic mass is 32.2. The molecule has 14 heteroatoms. The molecule has 6 rings (SSSR count). The number of piperazine rings is 1. The van der Waals surface area contributed by atoms with E-state index in [1.54, 1.807) is 59.1 Å². The number of terminal acetylenes is 1. The van der Waals surface area contributed by atoms with Crippen molar-refractivity contribution in [3.63, 3.8) is 0 Å². The Hall–Kier alpha value is -4.45. The normalized spacial score (nSPS) is 17.8. The lowest BCUT2D eigenvalue weighted by atomic mass is 10.1. The minimum absolute atomic E-state index is 0.00928. The number of benzene rings is 1. The van der Waals surface area contributed by atoms with Crippen molar-refractivity contribution in [1.29, 1.82) is 0 Å². The van der Waals surface area contributed by atoms with Crippen LogP contribution in [0.1, 0.15) is 22.6 Å². The van der Waals surface area contributed by atoms with Crippen LogP contribution in [-0.2, 0) is 14.8 Å². The average molecular weight is 632 g/mol. The fraction of sp³-hybridized carbons (Fsp3) is 0.300. The molecule has 44 heavy (non-hydrogen) atoms. The van der Waals surface area contributed by atoms with Crippen molar-refractivity contribution in [2.24, 2.45) is 0 Å². The number of H-pyrrole nitrogens is 1. The molecular formula is C30H29N7O5S2. The van der Waals surface area contributed by atoms with Gasteiger partial charge < -0.3 is 20.0 Å². The Morgan fingerprint density at radius 2 is 1.86 bits per heavy atom. The van der Waals surface area contributed by atoms with Crippen molar-refractivity contribution in [3.05, 3.63) is 77.7 Å². The smallest absolute Gasteiger partial charge is 0.292 e. The van der Waals surface area contributed by atoms with Crippen molar-refractivity contribution in [3.8, 4) is 23.6 Å². The minimum atomic E-state index is -3.99. The van der Waals surface area contributed by atoms with E-state index in [4.69, 9.17) is 6.42 Å². The first-order valence-electron chi connectivity index (χ1n) is 14.0. The molecule has 12 nitrogen and oxygen atoms in total. The third-order valence-electron chi connectivity index (χ3n) is 7.82. The number of aromatic nitrogens is 4. The molecule has 2 aliphatic heterocycles. The predicted molar refractivity (Wildman–Crippen MR) is 165 cm³/mol. The van der Waals surface area contributed by atoms with E-state index in [2.05, 4.69) is 20.9 Å². The molecule has 226 valence electrons. The van der Waals surface area contributed by atoms with E-state index in [9.17, 15) is 23.2 Å². The summed E-state index contributed by atoms with van der Waals surface area (Å²) in [5.74, 6) is 3.44. The van der Waals surface area contributed by atoms with E-state index in [1.807, 2.05) is 0 Å². The van der Waals surface area contributed by atoms with Crippen molar-refractivity contribution in [2.45, 2.75) is 17.5 Å². The minimum Gasteiger partial charge on any atom is -0.618 e. The topological polar surface area (TPSA) is 147 Å². The number of carbonyl (C=O) groups is 2. The highest BCUT2D eigenvalue weighted by Crippen LogP contribution is 2.26. The average Bonchev–Trinajstić information content (AvgIpc) is 3.50. The summed E-state index contributed by atoms with van der Waals surface area (Å²) in [6.45, 7) is 1.18. The summed E-state index contributed by atoms with van der Waals surface area (Å²) < 4.78 is 29.6. The Labute approximate surface area is 258 Å². The Balaban J connectivity index is 1.26. The summed E-state index contributed by atoms with van der Waals surface area (Å²) in [4.78, 5) is 41.7. The number of fused-ring (bicyclic) bond motifs is 1. The lowest BCUT2D eigenvalue weighted by Gasteiger charge is -2.41. The van der Waals surface area contributed by atoms with Crippen LogP contribution in [-0.4, -0.2) is 99.6 Å². The van der Waals surface area contributed by atoms with Crippen molar-refractivity contribution in [2.75, 3.05) is 44.2 Å². The molecule has 5 heterocycles. The number of amides is 2. The zero-order chi connectivity index (χ0) is 30.8. The first-order valence-corrected chi connectivity index (χ1v) is 16.6. The number of thioether (sulfide) groups is 1. The molecule has 2 fully saturated rings. The van der Waals surface area contributed by atoms with Crippen LogP contribution in [0.2, 0.25) is 0 Å². The van der Waals surface area contributed by atoms with Crippen LogP contribution < -0.4 is 4.73 Å². The molecule has 2 aliphatic rings. The maximum absolute atomic E-state index is 13.8. The number of hydrogen-bond acceptors (Lipinski definition) is 8. The summed E-state index contributed by atoms with van der Waals surface area (Å²) in [6, 6.07) is 10.9. The van der Waals surface area contributed by atoms with Crippen LogP contribution in [0.3, 0.4) is 0 Å². The Kier molecular flexibility index (Phi) is 8.26. The molecule has 1 unspecified atom stereocenters. The molecule has 1 aromatic carbocycles. The molecule has 2 saturated heterocycles. The molecule has 4 aromatic rings. The third-order valence-corrected chi connectivity index (χ3v) is 10.6. The van der Waals surface area contributed by atoms with E-state index in [-0.39, 0.29) is 42.8 Å². The Morgan fingerprint density at radius 3 is 2.59 bits per heavy atom. The quantitative estimate of drug-likeness (QED) is 0.192. The Bertz CT molecular complexity index is 1860. The lowest BCUT2D eigenvalue weighted by Crippen LogP contribution is -2.58. The molecule has 0 radical (unpaired) electrons. The summed E-state index contributed by atoms with van der Waals surface area (Å²) in [6.07, 6.45) is 9.62. The number of pyridine rings is 1. The van der Waals surface area contributed by atoms with Crippen LogP contribution in [0, 0.1) is 17.6 Å². The van der Waals surface area contributed by atoms with Crippen LogP contribution in [0.25, 0.3) is 22.2 Å². The zero-order valence-electron chi connectivity index (χ0n) is 23.6. The second-order valence-corrected chi connectivity index (χ2v) is 13.6. The zero-order valence-corrected chi connectivity index (χ0v) is 25.3. The van der Waals surface area contributed by atoms with Gasteiger partial charge in [-0.2, -0.15) is 20.8 Å². The van der Waals surface area contributed by atoms with Crippen LogP contribution in [0.15, 0.2) is 66.1 Å². The van der Waals surface area contributed by atoms with Gasteiger partial charge in [-0.1, -0.05) is 5.92 Å². The molecule has 0 saturated carbocycles. The van der Waals surface area contributed by atoms with E-state index in [1.165, 1.54) is 27.8 Å². The number of nitrogens with one attached hydrogen (secondary N) is 1. The first-order chi connectivity index (χ1) is 21.2. The van der Waals surface area contributed by atoms with Crippen molar-refractivity contribution in [1.82, 2.24) is 29.1 Å². The molecule has 0 aliphatic carbocycles. The molecule has 0 bridgehead atoms. The maximum atomic E-state index is 13.8. The van der Waals surface area contributed by atoms with Crippen LogP contribution in [0.4, 0.5) is 0 Å². The standard InChI is InChI=1S/C30H29N7O5S2/c1-2-21-6-7-25-22(15-21)16-27(33-25)44(41,42)35-9-10-36(24(20-35)17-28(38)34-11-13-43-14-12-34)30(39)29-31-18-23(19-32-29)26-5-3-4-8-37(26)40/h1,3-8,15-16,18-19,24,33H,9-14,17,20H2. The maximum Gasteiger partial charge on any atom is 0.292 e. The number of nitrogens with zero attached hydrogens (tertiary/aromatic N) is 6. The second-order valence-electron chi connectivity index (χ2n) is 10.5. The van der Waals surface area contributed by atoms with Gasteiger partial charge in [-0.3, -0.25) is 9.59 Å². The van der Waals surface area contributed by atoms with E-state index in [0.29, 0.717) is 45.5 Å². The monoisotopic (exact) mass is 631 g/mol. The van der Waals surface area contributed by atoms with Crippen LogP contribution >= 0.6 is 11.8 Å². The summed E-state index contributed by atoms with van der Waals surface area (Å²) in [5, 5.41) is 12.8. The van der Waals surface area contributed by atoms with Gasteiger partial charge in [-0.15, -0.1) is 6.42 Å². The van der Waals surface area contributed by atoms with Gasteiger partial charge in [-0.25, -0.2) is 18.4 Å². The fourth-order valence-corrected chi connectivity index (χ4v) is 7.84. The first kappa shape index (κ1) is 29.6. The largest absolute Gasteiger partial charge is 0.618 e. The van der Waals surface area contributed by atoms with Gasteiger partial charge in [0, 0.05) is 91.6 Å². The van der Waals surface area contributed by atoms with Gasteiger partial charge in [0.2, 0.25) is 17.4 Å². The van der Waals surface area contributed by atoms with Crippen LogP contribution in [0.5, 0.6) is 0 Å². The van der Waals surface area contributed by atoms with Gasteiger partial charge in [0.15, 0.2) is 6.20 Å². The third kappa shape index (κ3) is 5.86. The number of carbonyl (C=O) groups excluding carboxylic acids is 2. The predicted octanol–water partition coefficient (Wildman–Crippen LogP) is 1.72. The highest BCUT2D eigenvalue weighted by Gasteiger charge is 2.39. The van der Waals surface area contributed by atoms with Gasteiger partial charge in [0.05, 0.1) is 11.6 Å². The van der Waals surface area contributed by atoms with E-state index < -0.39 is 22.0 Å². The van der Waals surface area contributed by atoms with Gasteiger partial charge >= 0.3 is 0 Å². The summed E-state index contributed by atoms with van der Waals surface area (Å²) >= 11 is 1.77. The molecular weight excluding hydrogens is 603 g/mol. The SMILES string of the molecule is C#Cc1ccc2[nH]c(S(=O)(=O)N3CCN(C(=O)c4ncc(-c5cccc[n+]5[O-])cn4)C(CC(=O)N4CCSCC4)C3)cc2c1. The lowest BCUT2D eigenvalue weighted by molar-refractivity contribution is -0.593. The fourth-order valence-electron chi connectivity index (χ4n) is 5.46. The molecule has 0 spiro atoms. The van der Waals surface area contributed by atoms with Crippen molar-refractivity contribution < 1.29 is 22.7 Å². The number of aromatic amines is 1. The van der Waals surface area contributed by atoms with E-state index >= 15 is 0 Å². The van der Waals surface area contributed by atoms with Gasteiger partial charge in [0.25, 0.3) is 15.9 Å². The van der Waals surface area contributed by atoms with Gasteiger partial charge in [0.1, 0.15) is 5.03 Å². The molecule has 2 amide bonds. The number of sulfonamides is 1. The number of rotatable bonds is 6. The van der Waals surface area contributed by atoms with Crippen molar-refractivity contribution >= 4 is 44.5 Å². The molecule has 1 atom stereocenters. The van der Waals surface area contributed by atoms with E-state index in [0.717, 1.165) is 11.5 Å². The molecule has 1 N–H and O–H groups in total. The highest BCUT2D eigenvalue weighted by molar-refractivity contribution is 7.99. The molecule has 3 aromatic heterocycles. The Morgan fingerprint density at radius 1 is 1.09 bits per heavy atom.